The van der Waals surface area contributed by atoms with Crippen LogP contribution in [-0.2, 0) is 4.74 Å². The van der Waals surface area contributed by atoms with Crippen molar-refractivity contribution in [3.63, 3.8) is 0 Å². The lowest BCUT2D eigenvalue weighted by Gasteiger charge is -2.14. The highest BCUT2D eigenvalue weighted by molar-refractivity contribution is 9.10. The molecule has 0 aliphatic heterocycles. The molecule has 0 aliphatic carbocycles. The molecule has 0 spiro atoms. The number of nitrogen functional groups attached to an aromatic ring is 1. The number of nitrogens with two attached hydrogens (primary N) is 1. The monoisotopic (exact) mass is 352 g/mol. The third kappa shape index (κ3) is 3.33. The van der Waals surface area contributed by atoms with E-state index in [-0.39, 0.29) is 5.82 Å². The molecule has 0 saturated heterocycles. The Labute approximate surface area is 130 Å². The predicted octanol–water partition coefficient (Wildman–Crippen LogP) is 4.01. The van der Waals surface area contributed by atoms with E-state index in [1.807, 2.05) is 0 Å². The summed E-state index contributed by atoms with van der Waals surface area (Å²) in [6.07, 6.45) is 0. The van der Waals surface area contributed by atoms with E-state index in [9.17, 15) is 9.18 Å². The zero-order chi connectivity index (χ0) is 15.6. The molecule has 21 heavy (non-hydrogen) atoms. The molecule has 0 amide bonds. The second kappa shape index (κ2) is 6.13. The molecule has 0 aliphatic rings. The number of hydrogen-bond donors (Lipinski definition) is 2. The molecule has 0 heterocycles. The van der Waals surface area contributed by atoms with Gasteiger partial charge in [-0.15, -0.1) is 0 Å². The van der Waals surface area contributed by atoms with Crippen molar-refractivity contribution in [2.75, 3.05) is 18.2 Å². The van der Waals surface area contributed by atoms with Gasteiger partial charge in [-0.05, 0) is 58.7 Å². The lowest BCUT2D eigenvalue weighted by molar-refractivity contribution is 0.0602. The van der Waals surface area contributed by atoms with Gasteiger partial charge in [-0.3, -0.25) is 0 Å². The SMILES string of the molecule is COC(=O)c1cc(N)ccc1Nc1cc(Br)c(F)cc1C. The molecule has 2 aromatic carbocycles. The Hall–Kier alpha value is -2.08. The normalized spacial score (nSPS) is 10.3. The van der Waals surface area contributed by atoms with Crippen LogP contribution < -0.4 is 11.1 Å². The first-order valence-electron chi connectivity index (χ1n) is 6.13. The van der Waals surface area contributed by atoms with Crippen molar-refractivity contribution >= 4 is 39.0 Å². The molecule has 0 radical (unpaired) electrons. The van der Waals surface area contributed by atoms with E-state index in [4.69, 9.17) is 10.5 Å². The van der Waals surface area contributed by atoms with Crippen LogP contribution in [-0.4, -0.2) is 13.1 Å². The number of nitrogens with one attached hydrogen (secondary N) is 1. The number of halogens is 2. The van der Waals surface area contributed by atoms with Crippen LogP contribution in [0.25, 0.3) is 0 Å². The quantitative estimate of drug-likeness (QED) is 0.647. The number of methoxy groups -OCH3 is 1. The van der Waals surface area contributed by atoms with Crippen LogP contribution in [0.5, 0.6) is 0 Å². The number of benzene rings is 2. The second-order valence-corrected chi connectivity index (χ2v) is 5.36. The van der Waals surface area contributed by atoms with Gasteiger partial charge in [0.25, 0.3) is 0 Å². The molecule has 6 heteroatoms. The molecule has 2 rings (SSSR count). The highest BCUT2D eigenvalue weighted by Crippen LogP contribution is 2.29. The highest BCUT2D eigenvalue weighted by Gasteiger charge is 2.14. The van der Waals surface area contributed by atoms with Crippen molar-refractivity contribution in [3.05, 3.63) is 51.7 Å². The molecule has 3 N–H and O–H groups in total. The molecule has 4 nitrogen and oxygen atoms in total. The van der Waals surface area contributed by atoms with Crippen LogP contribution in [0.4, 0.5) is 21.5 Å². The zero-order valence-electron chi connectivity index (χ0n) is 11.5. The predicted molar refractivity (Wildman–Crippen MR) is 84.3 cm³/mol. The molecule has 0 bridgehead atoms. The largest absolute Gasteiger partial charge is 0.465 e. The van der Waals surface area contributed by atoms with Crippen molar-refractivity contribution in [2.45, 2.75) is 6.92 Å². The van der Waals surface area contributed by atoms with Crippen LogP contribution in [0.1, 0.15) is 15.9 Å². The summed E-state index contributed by atoms with van der Waals surface area (Å²) in [5.74, 6) is -0.841. The summed E-state index contributed by atoms with van der Waals surface area (Å²) in [5.41, 5.74) is 8.40. The van der Waals surface area contributed by atoms with Gasteiger partial charge in [0.05, 0.1) is 22.8 Å². The molecule has 2 aromatic rings. The van der Waals surface area contributed by atoms with Gasteiger partial charge in [0, 0.05) is 11.4 Å². The number of aryl methyl sites for hydroxylation is 1. The molecule has 0 atom stereocenters. The Morgan fingerprint density at radius 3 is 2.67 bits per heavy atom. The van der Waals surface area contributed by atoms with Crippen molar-refractivity contribution in [1.29, 1.82) is 0 Å². The Balaban J connectivity index is 2.44. The summed E-state index contributed by atoms with van der Waals surface area (Å²) in [4.78, 5) is 11.8. The minimum Gasteiger partial charge on any atom is -0.465 e. The molecule has 0 aromatic heterocycles. The smallest absolute Gasteiger partial charge is 0.340 e. The topological polar surface area (TPSA) is 64.3 Å². The van der Waals surface area contributed by atoms with Gasteiger partial charge in [-0.25, -0.2) is 9.18 Å². The fourth-order valence-electron chi connectivity index (χ4n) is 1.88. The zero-order valence-corrected chi connectivity index (χ0v) is 13.1. The number of carbonyl (C=O) groups excluding carboxylic acids is 1. The summed E-state index contributed by atoms with van der Waals surface area (Å²) in [6.45, 7) is 1.77. The Bertz CT molecular complexity index is 704. The fraction of sp³-hybridized carbons (Fsp3) is 0.133. The summed E-state index contributed by atoms with van der Waals surface area (Å²) in [6, 6.07) is 7.90. The lowest BCUT2D eigenvalue weighted by atomic mass is 10.1. The Morgan fingerprint density at radius 2 is 2.00 bits per heavy atom. The number of hydrogen-bond acceptors (Lipinski definition) is 4. The van der Waals surface area contributed by atoms with E-state index in [1.54, 1.807) is 25.1 Å². The maximum absolute atomic E-state index is 13.4. The van der Waals surface area contributed by atoms with Crippen LogP contribution in [0.2, 0.25) is 0 Å². The molecule has 110 valence electrons. The molecule has 0 saturated carbocycles. The molecular weight excluding hydrogens is 339 g/mol. The van der Waals surface area contributed by atoms with Gasteiger partial charge >= 0.3 is 5.97 Å². The van der Waals surface area contributed by atoms with Gasteiger partial charge in [0.15, 0.2) is 0 Å². The van der Waals surface area contributed by atoms with E-state index in [2.05, 4.69) is 21.2 Å². The standard InChI is InChI=1S/C15H14BrFN2O2/c1-8-5-12(17)11(16)7-14(8)19-13-4-3-9(18)6-10(13)15(20)21-2/h3-7,19H,18H2,1-2H3. The first-order chi connectivity index (χ1) is 9.92. The summed E-state index contributed by atoms with van der Waals surface area (Å²) < 4.78 is 18.5. The number of ether oxygens (including phenoxy) is 1. The van der Waals surface area contributed by atoms with Crippen molar-refractivity contribution in [3.8, 4) is 0 Å². The summed E-state index contributed by atoms with van der Waals surface area (Å²) >= 11 is 3.14. The van der Waals surface area contributed by atoms with E-state index in [0.717, 1.165) is 0 Å². The first kappa shape index (κ1) is 15.3. The van der Waals surface area contributed by atoms with E-state index < -0.39 is 5.97 Å². The first-order valence-corrected chi connectivity index (χ1v) is 6.92. The third-order valence-electron chi connectivity index (χ3n) is 2.99. The van der Waals surface area contributed by atoms with Gasteiger partial charge < -0.3 is 15.8 Å². The minimum atomic E-state index is -0.497. The third-order valence-corrected chi connectivity index (χ3v) is 3.59. The fourth-order valence-corrected chi connectivity index (χ4v) is 2.22. The maximum atomic E-state index is 13.4. The van der Waals surface area contributed by atoms with E-state index >= 15 is 0 Å². The van der Waals surface area contributed by atoms with E-state index in [1.165, 1.54) is 19.2 Å². The maximum Gasteiger partial charge on any atom is 0.340 e. The van der Waals surface area contributed by atoms with Crippen LogP contribution in [0, 0.1) is 12.7 Å². The molecular formula is C15H14BrFN2O2. The summed E-state index contributed by atoms with van der Waals surface area (Å²) in [7, 11) is 1.30. The Kier molecular flexibility index (Phi) is 4.47. The second-order valence-electron chi connectivity index (χ2n) is 4.50. The lowest BCUT2D eigenvalue weighted by Crippen LogP contribution is -2.07. The molecule has 0 unspecified atom stereocenters. The van der Waals surface area contributed by atoms with Crippen LogP contribution in [0.3, 0.4) is 0 Å². The summed E-state index contributed by atoms with van der Waals surface area (Å²) in [5, 5.41) is 3.10. The highest BCUT2D eigenvalue weighted by atomic mass is 79.9. The number of anilines is 3. The Morgan fingerprint density at radius 1 is 1.29 bits per heavy atom. The van der Waals surface area contributed by atoms with Crippen molar-refractivity contribution < 1.29 is 13.9 Å². The number of rotatable bonds is 3. The van der Waals surface area contributed by atoms with Crippen LogP contribution in [0.15, 0.2) is 34.8 Å². The van der Waals surface area contributed by atoms with Gasteiger partial charge in [-0.1, -0.05) is 0 Å². The molecule has 0 fully saturated rings. The number of esters is 1. The van der Waals surface area contributed by atoms with Crippen molar-refractivity contribution in [2.24, 2.45) is 0 Å². The van der Waals surface area contributed by atoms with E-state index in [0.29, 0.717) is 32.7 Å². The van der Waals surface area contributed by atoms with Crippen molar-refractivity contribution in [1.82, 2.24) is 0 Å². The van der Waals surface area contributed by atoms with Gasteiger partial charge in [0.1, 0.15) is 5.82 Å². The average molecular weight is 353 g/mol. The van der Waals surface area contributed by atoms with Gasteiger partial charge in [0.2, 0.25) is 0 Å². The minimum absolute atomic E-state index is 0.317. The van der Waals surface area contributed by atoms with Crippen LogP contribution >= 0.6 is 15.9 Å². The number of carbonyl (C=O) groups is 1. The average Bonchev–Trinajstić information content (AvgIpc) is 2.45. The van der Waals surface area contributed by atoms with Gasteiger partial charge in [-0.2, -0.15) is 0 Å².